The number of halogens is 2. The van der Waals surface area contributed by atoms with Crippen LogP contribution in [0.4, 0.5) is 8.78 Å². The first-order valence-electron chi connectivity index (χ1n) is 6.18. The Labute approximate surface area is 115 Å². The van der Waals surface area contributed by atoms with E-state index >= 15 is 0 Å². The summed E-state index contributed by atoms with van der Waals surface area (Å²) in [6.07, 6.45) is 0.641. The minimum absolute atomic E-state index is 0.321. The molecule has 0 aromatic heterocycles. The molecule has 1 heterocycles. The van der Waals surface area contributed by atoms with Gasteiger partial charge in [-0.25, -0.2) is 17.2 Å². The van der Waals surface area contributed by atoms with E-state index in [2.05, 4.69) is 0 Å². The Bertz CT molecular complexity index is 607. The minimum atomic E-state index is -3.68. The molecule has 0 atom stereocenters. The van der Waals surface area contributed by atoms with Crippen LogP contribution >= 0.6 is 0 Å². The second kappa shape index (κ2) is 5.97. The van der Waals surface area contributed by atoms with Gasteiger partial charge >= 0.3 is 0 Å². The van der Waals surface area contributed by atoms with Crippen molar-refractivity contribution >= 4 is 15.6 Å². The van der Waals surface area contributed by atoms with Gasteiger partial charge in [-0.1, -0.05) is 0 Å². The monoisotopic (exact) mass is 304 g/mol. The van der Waals surface area contributed by atoms with Crippen molar-refractivity contribution < 1.29 is 26.7 Å². The molecule has 0 saturated carbocycles. The molecule has 4 nitrogen and oxygen atoms in total. The zero-order chi connectivity index (χ0) is 14.8. The van der Waals surface area contributed by atoms with Crippen LogP contribution in [0.25, 0.3) is 0 Å². The van der Waals surface area contributed by atoms with Gasteiger partial charge in [0.05, 0.1) is 10.8 Å². The third-order valence-corrected chi connectivity index (χ3v) is 5.39. The summed E-state index contributed by atoms with van der Waals surface area (Å²) in [7, 11) is -3.68. The van der Waals surface area contributed by atoms with Gasteiger partial charge in [-0.15, -0.1) is 0 Å². The molecule has 1 aromatic rings. The van der Waals surface area contributed by atoms with Crippen LogP contribution in [0, 0.1) is 11.6 Å². The number of benzene rings is 1. The third-order valence-electron chi connectivity index (χ3n) is 3.24. The fourth-order valence-electron chi connectivity index (χ4n) is 2.12. The number of hydrogen-bond donors (Lipinski definition) is 0. The Morgan fingerprint density at radius 3 is 2.55 bits per heavy atom. The molecule has 0 spiro atoms. The average molecular weight is 304 g/mol. The van der Waals surface area contributed by atoms with Crippen molar-refractivity contribution in [2.45, 2.75) is 18.1 Å². The van der Waals surface area contributed by atoms with Crippen molar-refractivity contribution in [1.29, 1.82) is 0 Å². The lowest BCUT2D eigenvalue weighted by atomic mass is 10.1. The number of sulfone groups is 1. The Balaban J connectivity index is 2.16. The molecular formula is C13H14F2O4S. The van der Waals surface area contributed by atoms with Gasteiger partial charge in [0, 0.05) is 13.2 Å². The summed E-state index contributed by atoms with van der Waals surface area (Å²) in [5.74, 6) is -3.43. The number of ketones is 1. The first-order chi connectivity index (χ1) is 9.40. The average Bonchev–Trinajstić information content (AvgIpc) is 2.42. The van der Waals surface area contributed by atoms with Crippen LogP contribution in [0.15, 0.2) is 18.2 Å². The predicted octanol–water partition coefficient (Wildman–Crippen LogP) is 1.74. The summed E-state index contributed by atoms with van der Waals surface area (Å²) in [6, 6.07) is 2.40. The zero-order valence-electron chi connectivity index (χ0n) is 10.6. The van der Waals surface area contributed by atoms with Gasteiger partial charge in [0.2, 0.25) is 0 Å². The molecule has 20 heavy (non-hydrogen) atoms. The SMILES string of the molecule is O=C(CS(=O)(=O)C1CCOCC1)c1cc(F)ccc1F. The first-order valence-corrected chi connectivity index (χ1v) is 7.89. The Morgan fingerprint density at radius 1 is 1.25 bits per heavy atom. The maximum Gasteiger partial charge on any atom is 0.180 e. The van der Waals surface area contributed by atoms with E-state index in [4.69, 9.17) is 4.74 Å². The molecule has 110 valence electrons. The van der Waals surface area contributed by atoms with Crippen LogP contribution in [0.2, 0.25) is 0 Å². The van der Waals surface area contributed by atoms with Gasteiger partial charge in [-0.2, -0.15) is 0 Å². The lowest BCUT2D eigenvalue weighted by molar-refractivity contribution is 0.0970. The van der Waals surface area contributed by atoms with Gasteiger partial charge in [0.25, 0.3) is 0 Å². The molecule has 1 saturated heterocycles. The highest BCUT2D eigenvalue weighted by Crippen LogP contribution is 2.19. The molecular weight excluding hydrogens is 290 g/mol. The molecule has 0 N–H and O–H groups in total. The van der Waals surface area contributed by atoms with E-state index in [0.29, 0.717) is 26.1 Å². The van der Waals surface area contributed by atoms with Crippen LogP contribution in [0.1, 0.15) is 23.2 Å². The van der Waals surface area contributed by atoms with E-state index in [1.54, 1.807) is 0 Å². The summed E-state index contributed by atoms with van der Waals surface area (Å²) in [5.41, 5.74) is -0.527. The molecule has 0 radical (unpaired) electrons. The molecule has 0 unspecified atom stereocenters. The fraction of sp³-hybridized carbons (Fsp3) is 0.462. The van der Waals surface area contributed by atoms with E-state index in [0.717, 1.165) is 18.2 Å². The number of rotatable bonds is 4. The smallest absolute Gasteiger partial charge is 0.180 e. The normalized spacial score (nSPS) is 17.1. The first kappa shape index (κ1) is 15.1. The van der Waals surface area contributed by atoms with Crippen molar-refractivity contribution in [3.63, 3.8) is 0 Å². The van der Waals surface area contributed by atoms with Crippen LogP contribution < -0.4 is 0 Å². The van der Waals surface area contributed by atoms with Crippen LogP contribution in [0.3, 0.4) is 0 Å². The molecule has 1 aliphatic rings. The molecule has 7 heteroatoms. The molecule has 1 fully saturated rings. The van der Waals surface area contributed by atoms with E-state index in [-0.39, 0.29) is 0 Å². The van der Waals surface area contributed by atoms with Crippen molar-refractivity contribution in [2.24, 2.45) is 0 Å². The maximum atomic E-state index is 13.4. The number of carbonyl (C=O) groups excluding carboxylic acids is 1. The molecule has 2 rings (SSSR count). The summed E-state index contributed by atoms with van der Waals surface area (Å²) in [4.78, 5) is 11.9. The zero-order valence-corrected chi connectivity index (χ0v) is 11.5. The van der Waals surface area contributed by atoms with Gasteiger partial charge in [0.1, 0.15) is 17.4 Å². The number of hydrogen-bond acceptors (Lipinski definition) is 4. The summed E-state index contributed by atoms with van der Waals surface area (Å²) in [5, 5.41) is -0.656. The van der Waals surface area contributed by atoms with Gasteiger partial charge < -0.3 is 4.74 Å². The van der Waals surface area contributed by atoms with Crippen molar-refractivity contribution in [3.05, 3.63) is 35.4 Å². The molecule has 0 amide bonds. The standard InChI is InChI=1S/C13H14F2O4S/c14-9-1-2-12(15)11(7-9)13(16)8-20(17,18)10-3-5-19-6-4-10/h1-2,7,10H,3-6,8H2. The van der Waals surface area contributed by atoms with E-state index in [9.17, 15) is 22.0 Å². The fourth-order valence-corrected chi connectivity index (χ4v) is 3.79. The van der Waals surface area contributed by atoms with Gasteiger partial charge in [0.15, 0.2) is 15.6 Å². The molecule has 0 aliphatic carbocycles. The van der Waals surface area contributed by atoms with Gasteiger partial charge in [-0.05, 0) is 31.0 Å². The van der Waals surface area contributed by atoms with Gasteiger partial charge in [-0.3, -0.25) is 4.79 Å². The Morgan fingerprint density at radius 2 is 1.90 bits per heavy atom. The largest absolute Gasteiger partial charge is 0.381 e. The molecule has 1 aromatic carbocycles. The Hall–Kier alpha value is -1.34. The minimum Gasteiger partial charge on any atom is -0.381 e. The number of ether oxygens (including phenoxy) is 1. The van der Waals surface area contributed by atoms with Crippen LogP contribution in [-0.2, 0) is 14.6 Å². The van der Waals surface area contributed by atoms with Crippen molar-refractivity contribution in [1.82, 2.24) is 0 Å². The predicted molar refractivity (Wildman–Crippen MR) is 68.3 cm³/mol. The topological polar surface area (TPSA) is 60.4 Å². The molecule has 0 bridgehead atoms. The highest BCUT2D eigenvalue weighted by Gasteiger charge is 2.30. The van der Waals surface area contributed by atoms with E-state index < -0.39 is 43.8 Å². The lowest BCUT2D eigenvalue weighted by Crippen LogP contribution is -2.33. The summed E-state index contributed by atoms with van der Waals surface area (Å²) < 4.78 is 55.7. The highest BCUT2D eigenvalue weighted by atomic mass is 32.2. The Kier molecular flexibility index (Phi) is 4.49. The summed E-state index contributed by atoms with van der Waals surface area (Å²) >= 11 is 0. The number of Topliss-reactive ketones (excluding diaryl/α,β-unsaturated/α-hetero) is 1. The van der Waals surface area contributed by atoms with E-state index in [1.807, 2.05) is 0 Å². The molecule has 1 aliphatic heterocycles. The maximum absolute atomic E-state index is 13.4. The number of carbonyl (C=O) groups is 1. The van der Waals surface area contributed by atoms with Crippen molar-refractivity contribution in [3.8, 4) is 0 Å². The summed E-state index contributed by atoms with van der Waals surface area (Å²) in [6.45, 7) is 0.652. The van der Waals surface area contributed by atoms with Crippen LogP contribution in [-0.4, -0.2) is 38.4 Å². The lowest BCUT2D eigenvalue weighted by Gasteiger charge is -2.21. The van der Waals surface area contributed by atoms with Crippen molar-refractivity contribution in [2.75, 3.05) is 19.0 Å². The quantitative estimate of drug-likeness (QED) is 0.795. The third kappa shape index (κ3) is 3.40. The second-order valence-electron chi connectivity index (χ2n) is 4.67. The second-order valence-corrected chi connectivity index (χ2v) is 6.95. The van der Waals surface area contributed by atoms with Crippen LogP contribution in [0.5, 0.6) is 0 Å². The highest BCUT2D eigenvalue weighted by molar-refractivity contribution is 7.92. The van der Waals surface area contributed by atoms with E-state index in [1.165, 1.54) is 0 Å².